The van der Waals surface area contributed by atoms with Crippen LogP contribution in [0.1, 0.15) is 19.8 Å². The Balaban J connectivity index is 1.50. The molecule has 0 atom stereocenters. The van der Waals surface area contributed by atoms with Crippen LogP contribution in [0.3, 0.4) is 0 Å². The van der Waals surface area contributed by atoms with Gasteiger partial charge < -0.3 is 14.7 Å². The summed E-state index contributed by atoms with van der Waals surface area (Å²) in [5.74, 6) is 0.594. The van der Waals surface area contributed by atoms with Crippen molar-refractivity contribution in [3.8, 4) is 0 Å². The van der Waals surface area contributed by atoms with Gasteiger partial charge in [-0.25, -0.2) is 0 Å². The van der Waals surface area contributed by atoms with Gasteiger partial charge in [0.05, 0.1) is 0 Å². The highest BCUT2D eigenvalue weighted by Crippen LogP contribution is 2.24. The van der Waals surface area contributed by atoms with E-state index in [0.717, 1.165) is 58.7 Å². The van der Waals surface area contributed by atoms with Crippen molar-refractivity contribution in [2.75, 3.05) is 50.7 Å². The Labute approximate surface area is 132 Å². The minimum Gasteiger partial charge on any atom is -0.371 e. The molecule has 2 aliphatic heterocycles. The largest absolute Gasteiger partial charge is 0.371 e. The Kier molecular flexibility index (Phi) is 4.93. The molecule has 2 fully saturated rings. The molecule has 1 aromatic heterocycles. The Hall–Kier alpha value is -1.62. The zero-order chi connectivity index (χ0) is 15.4. The molecule has 2 aliphatic rings. The topological polar surface area (TPSA) is 39.7 Å². The first-order valence-corrected chi connectivity index (χ1v) is 8.44. The molecular formula is C17H26N4O. The summed E-state index contributed by atoms with van der Waals surface area (Å²) in [6, 6.07) is 4.10. The molecule has 3 rings (SSSR count). The summed E-state index contributed by atoms with van der Waals surface area (Å²) >= 11 is 0. The van der Waals surface area contributed by atoms with Crippen LogP contribution in [-0.4, -0.2) is 66.5 Å². The highest BCUT2D eigenvalue weighted by Gasteiger charge is 2.30. The van der Waals surface area contributed by atoms with Crippen LogP contribution in [0.15, 0.2) is 24.5 Å². The van der Waals surface area contributed by atoms with Gasteiger partial charge in [0.2, 0.25) is 5.91 Å². The van der Waals surface area contributed by atoms with E-state index in [4.69, 9.17) is 0 Å². The molecular weight excluding hydrogens is 276 g/mol. The third kappa shape index (κ3) is 3.40. The fourth-order valence-corrected chi connectivity index (χ4v) is 3.48. The molecule has 0 spiro atoms. The van der Waals surface area contributed by atoms with Crippen molar-refractivity contribution in [2.45, 2.75) is 19.8 Å². The van der Waals surface area contributed by atoms with E-state index in [2.05, 4.69) is 26.6 Å². The molecule has 0 radical (unpaired) electrons. The van der Waals surface area contributed by atoms with Crippen LogP contribution >= 0.6 is 0 Å². The summed E-state index contributed by atoms with van der Waals surface area (Å²) in [7, 11) is 0. The van der Waals surface area contributed by atoms with E-state index in [-0.39, 0.29) is 5.92 Å². The van der Waals surface area contributed by atoms with Gasteiger partial charge >= 0.3 is 0 Å². The lowest BCUT2D eigenvalue weighted by atomic mass is 9.94. The number of carbonyl (C=O) groups excluding carboxylic acids is 1. The molecule has 0 unspecified atom stereocenters. The number of rotatable bonds is 3. The maximum atomic E-state index is 12.7. The summed E-state index contributed by atoms with van der Waals surface area (Å²) in [4.78, 5) is 23.6. The van der Waals surface area contributed by atoms with E-state index < -0.39 is 0 Å². The molecule has 1 amide bonds. The average molecular weight is 302 g/mol. The van der Waals surface area contributed by atoms with Gasteiger partial charge in [-0.3, -0.25) is 9.78 Å². The number of anilines is 1. The number of nitrogens with zero attached hydrogens (tertiary/aromatic N) is 4. The van der Waals surface area contributed by atoms with E-state index in [1.54, 1.807) is 0 Å². The number of piperazine rings is 1. The monoisotopic (exact) mass is 302 g/mol. The summed E-state index contributed by atoms with van der Waals surface area (Å²) < 4.78 is 0. The van der Waals surface area contributed by atoms with E-state index in [1.165, 1.54) is 5.69 Å². The fourth-order valence-electron chi connectivity index (χ4n) is 3.48. The van der Waals surface area contributed by atoms with Gasteiger partial charge in [-0.1, -0.05) is 6.92 Å². The van der Waals surface area contributed by atoms with E-state index in [0.29, 0.717) is 5.91 Å². The summed E-state index contributed by atoms with van der Waals surface area (Å²) in [6.45, 7) is 9.06. The van der Waals surface area contributed by atoms with Crippen LogP contribution in [-0.2, 0) is 4.79 Å². The van der Waals surface area contributed by atoms with Crippen molar-refractivity contribution in [1.82, 2.24) is 14.8 Å². The van der Waals surface area contributed by atoms with Crippen molar-refractivity contribution in [3.63, 3.8) is 0 Å². The third-order valence-electron chi connectivity index (χ3n) is 5.00. The van der Waals surface area contributed by atoms with Gasteiger partial charge in [0.25, 0.3) is 0 Å². The molecule has 0 saturated carbocycles. The standard InChI is InChI=1S/C17H26N4O/c1-2-19-11-13-21(14-12-19)17(22)15-5-9-20(10-6-15)16-3-7-18-8-4-16/h3-4,7-8,15H,2,5-6,9-14H2,1H3. The zero-order valence-electron chi connectivity index (χ0n) is 13.4. The van der Waals surface area contributed by atoms with E-state index in [1.807, 2.05) is 24.5 Å². The molecule has 3 heterocycles. The first-order chi connectivity index (χ1) is 10.8. The maximum Gasteiger partial charge on any atom is 0.225 e. The predicted octanol–water partition coefficient (Wildman–Crippen LogP) is 1.46. The molecule has 5 heteroatoms. The smallest absolute Gasteiger partial charge is 0.225 e. The fraction of sp³-hybridized carbons (Fsp3) is 0.647. The number of aromatic nitrogens is 1. The van der Waals surface area contributed by atoms with Crippen LogP contribution in [0.5, 0.6) is 0 Å². The minimum atomic E-state index is 0.214. The van der Waals surface area contributed by atoms with Crippen molar-refractivity contribution in [2.24, 2.45) is 5.92 Å². The van der Waals surface area contributed by atoms with Crippen LogP contribution in [0.2, 0.25) is 0 Å². The molecule has 120 valence electrons. The maximum absolute atomic E-state index is 12.7. The first kappa shape index (κ1) is 15.3. The summed E-state index contributed by atoms with van der Waals surface area (Å²) in [6.07, 6.45) is 5.60. The Morgan fingerprint density at radius 3 is 2.32 bits per heavy atom. The van der Waals surface area contributed by atoms with Crippen molar-refractivity contribution in [3.05, 3.63) is 24.5 Å². The second-order valence-corrected chi connectivity index (χ2v) is 6.23. The Morgan fingerprint density at radius 2 is 1.73 bits per heavy atom. The number of pyridine rings is 1. The highest BCUT2D eigenvalue weighted by molar-refractivity contribution is 5.79. The van der Waals surface area contributed by atoms with Gasteiger partial charge in [-0.15, -0.1) is 0 Å². The van der Waals surface area contributed by atoms with Crippen LogP contribution < -0.4 is 4.90 Å². The normalized spacial score (nSPS) is 21.1. The van der Waals surface area contributed by atoms with Gasteiger partial charge in [0.1, 0.15) is 0 Å². The second kappa shape index (κ2) is 7.09. The Bertz CT molecular complexity index is 477. The van der Waals surface area contributed by atoms with Gasteiger partial charge in [0, 0.05) is 63.3 Å². The van der Waals surface area contributed by atoms with Crippen LogP contribution in [0.25, 0.3) is 0 Å². The quantitative estimate of drug-likeness (QED) is 0.847. The molecule has 0 aromatic carbocycles. The van der Waals surface area contributed by atoms with Crippen LogP contribution in [0, 0.1) is 5.92 Å². The molecule has 0 bridgehead atoms. The number of amides is 1. The molecule has 2 saturated heterocycles. The SMILES string of the molecule is CCN1CCN(C(=O)C2CCN(c3ccncc3)CC2)CC1. The molecule has 0 aliphatic carbocycles. The second-order valence-electron chi connectivity index (χ2n) is 6.23. The molecule has 5 nitrogen and oxygen atoms in total. The van der Waals surface area contributed by atoms with Crippen molar-refractivity contribution in [1.29, 1.82) is 0 Å². The predicted molar refractivity (Wildman–Crippen MR) is 87.9 cm³/mol. The minimum absolute atomic E-state index is 0.214. The molecule has 1 aromatic rings. The number of piperidine rings is 1. The van der Waals surface area contributed by atoms with Gasteiger partial charge in [-0.05, 0) is 31.5 Å². The third-order valence-corrected chi connectivity index (χ3v) is 5.00. The van der Waals surface area contributed by atoms with E-state index >= 15 is 0 Å². The Morgan fingerprint density at radius 1 is 1.09 bits per heavy atom. The average Bonchev–Trinajstić information content (AvgIpc) is 2.62. The molecule has 0 N–H and O–H groups in total. The van der Waals surface area contributed by atoms with Crippen LogP contribution in [0.4, 0.5) is 5.69 Å². The van der Waals surface area contributed by atoms with Crippen molar-refractivity contribution >= 4 is 11.6 Å². The summed E-state index contributed by atoms with van der Waals surface area (Å²) in [5, 5.41) is 0. The number of carbonyl (C=O) groups is 1. The number of hydrogen-bond acceptors (Lipinski definition) is 4. The lowest BCUT2D eigenvalue weighted by Gasteiger charge is -2.38. The summed E-state index contributed by atoms with van der Waals surface area (Å²) in [5.41, 5.74) is 1.22. The van der Waals surface area contributed by atoms with Crippen molar-refractivity contribution < 1.29 is 4.79 Å². The van der Waals surface area contributed by atoms with Gasteiger partial charge in [-0.2, -0.15) is 0 Å². The zero-order valence-corrected chi connectivity index (χ0v) is 13.4. The van der Waals surface area contributed by atoms with E-state index in [9.17, 15) is 4.79 Å². The molecule has 22 heavy (non-hydrogen) atoms. The lowest BCUT2D eigenvalue weighted by molar-refractivity contribution is -0.137. The first-order valence-electron chi connectivity index (χ1n) is 8.44. The number of hydrogen-bond donors (Lipinski definition) is 0. The highest BCUT2D eigenvalue weighted by atomic mass is 16.2. The lowest BCUT2D eigenvalue weighted by Crippen LogP contribution is -2.51. The van der Waals surface area contributed by atoms with Gasteiger partial charge in [0.15, 0.2) is 0 Å². The number of likely N-dealkylation sites (N-methyl/N-ethyl adjacent to an activating group) is 1.